The Balaban J connectivity index is 1.23. The van der Waals surface area contributed by atoms with Crippen LogP contribution in [-0.4, -0.2) is 0 Å². The summed E-state index contributed by atoms with van der Waals surface area (Å²) in [7, 11) is 0. The summed E-state index contributed by atoms with van der Waals surface area (Å²) in [6, 6.07) is 50.2. The number of rotatable bonds is 2. The summed E-state index contributed by atoms with van der Waals surface area (Å²) in [5.74, 6) is 0. The third-order valence-corrected chi connectivity index (χ3v) is 20.0. The van der Waals surface area contributed by atoms with Crippen LogP contribution in [-0.2, 0) is 0 Å². The van der Waals surface area contributed by atoms with Gasteiger partial charge in [-0.1, -0.05) is 0 Å². The second-order valence-corrected chi connectivity index (χ2v) is 20.2. The van der Waals surface area contributed by atoms with E-state index in [2.05, 4.69) is 127 Å². The average molecular weight is 724 g/mol. The van der Waals surface area contributed by atoms with Gasteiger partial charge in [0.1, 0.15) is 0 Å². The zero-order chi connectivity index (χ0) is 25.5. The summed E-state index contributed by atoms with van der Waals surface area (Å²) in [4.78, 5) is 0. The van der Waals surface area contributed by atoms with Crippen LogP contribution >= 0.6 is 39.6 Å². The first-order valence-corrected chi connectivity index (χ1v) is 19.6. The molecule has 9 rings (SSSR count). The number of hydrogen-bond acceptors (Lipinski definition) is 1. The fourth-order valence-corrected chi connectivity index (χ4v) is 18.7. The van der Waals surface area contributed by atoms with Gasteiger partial charge >= 0.3 is 243 Å². The van der Waals surface area contributed by atoms with Gasteiger partial charge in [0.25, 0.3) is 0 Å². The number of furan rings is 1. The van der Waals surface area contributed by atoms with E-state index < -0.39 is 39.6 Å². The molecule has 0 atom stereocenters. The van der Waals surface area contributed by atoms with Gasteiger partial charge in [0.05, 0.1) is 0 Å². The maximum absolute atomic E-state index is 6.16. The number of benzene rings is 6. The zero-order valence-electron chi connectivity index (χ0n) is 20.9. The molecule has 0 fully saturated rings. The predicted octanol–water partition coefficient (Wildman–Crippen LogP) is 10.4. The van der Waals surface area contributed by atoms with E-state index in [4.69, 9.17) is 4.42 Å². The van der Waals surface area contributed by atoms with Crippen LogP contribution in [0.3, 0.4) is 0 Å². The maximum atomic E-state index is 6.16. The van der Waals surface area contributed by atoms with Crippen molar-refractivity contribution < 1.29 is 4.42 Å². The van der Waals surface area contributed by atoms with Gasteiger partial charge in [-0.2, -0.15) is 0 Å². The topological polar surface area (TPSA) is 13.1 Å². The third kappa shape index (κ3) is 3.23. The molecule has 0 N–H and O–H groups in total. The molecule has 1 nitrogen and oxygen atoms in total. The van der Waals surface area contributed by atoms with Gasteiger partial charge in [-0.05, 0) is 0 Å². The van der Waals surface area contributed by atoms with E-state index in [0.29, 0.717) is 0 Å². The molecule has 7 aromatic rings. The predicted molar refractivity (Wildman–Crippen MR) is 178 cm³/mol. The Bertz CT molecular complexity index is 2060. The number of halogens is 2. The van der Waals surface area contributed by atoms with Gasteiger partial charge in [-0.25, -0.2) is 0 Å². The van der Waals surface area contributed by atoms with Gasteiger partial charge < -0.3 is 0 Å². The van der Waals surface area contributed by atoms with Crippen molar-refractivity contribution in [2.45, 2.75) is 0 Å². The molecule has 0 bridgehead atoms. The van der Waals surface area contributed by atoms with Crippen LogP contribution in [0.25, 0.3) is 44.2 Å². The van der Waals surface area contributed by atoms with E-state index in [1.54, 1.807) is 17.9 Å². The van der Waals surface area contributed by atoms with E-state index in [1.807, 2.05) is 6.07 Å². The van der Waals surface area contributed by atoms with Crippen molar-refractivity contribution in [3.63, 3.8) is 0 Å². The molecular weight excluding hydrogens is 702 g/mol. The van der Waals surface area contributed by atoms with Crippen molar-refractivity contribution in [3.8, 4) is 22.3 Å². The molecule has 39 heavy (non-hydrogen) atoms. The summed E-state index contributed by atoms with van der Waals surface area (Å²) >= 11 is -3.60. The number of para-hydroxylation sites is 1. The minimum atomic E-state index is -1.85. The van der Waals surface area contributed by atoms with E-state index in [-0.39, 0.29) is 0 Å². The molecule has 2 aliphatic rings. The Morgan fingerprint density at radius 1 is 0.359 bits per heavy atom. The summed E-state index contributed by atoms with van der Waals surface area (Å²) in [6.45, 7) is 0. The van der Waals surface area contributed by atoms with E-state index in [0.717, 1.165) is 11.2 Å². The Kier molecular flexibility index (Phi) is 4.90. The van der Waals surface area contributed by atoms with Crippen molar-refractivity contribution in [2.75, 3.05) is 0 Å². The fraction of sp³-hybridized carbons (Fsp3) is 0. The van der Waals surface area contributed by atoms with Gasteiger partial charge in [0, 0.05) is 0 Å². The summed E-state index contributed by atoms with van der Waals surface area (Å²) in [5.41, 5.74) is 7.72. The van der Waals surface area contributed by atoms with E-state index in [9.17, 15) is 0 Å². The molecule has 0 amide bonds. The summed E-state index contributed by atoms with van der Waals surface area (Å²) in [5, 5.41) is 2.44. The van der Waals surface area contributed by atoms with Crippen molar-refractivity contribution in [3.05, 3.63) is 155 Å². The molecule has 0 radical (unpaired) electrons. The molecular formula is C36H22I2O. The van der Waals surface area contributed by atoms with Gasteiger partial charge in [-0.3, -0.25) is 0 Å². The summed E-state index contributed by atoms with van der Waals surface area (Å²) < 4.78 is 15.4. The molecule has 0 saturated carbocycles. The molecule has 6 aromatic carbocycles. The third-order valence-electron chi connectivity index (χ3n) is 7.72. The zero-order valence-corrected chi connectivity index (χ0v) is 25.2. The fourth-order valence-electron chi connectivity index (χ4n) is 6.02. The number of fused-ring (bicyclic) bond motifs is 9. The van der Waals surface area contributed by atoms with Crippen LogP contribution in [0.15, 0.2) is 138 Å². The second-order valence-electron chi connectivity index (χ2n) is 9.87. The Hall–Kier alpha value is -3.42. The first-order chi connectivity index (χ1) is 19.3. The van der Waals surface area contributed by atoms with Crippen molar-refractivity contribution in [2.24, 2.45) is 0 Å². The molecule has 1 aromatic heterocycles. The van der Waals surface area contributed by atoms with Crippen LogP contribution in [0.4, 0.5) is 0 Å². The van der Waals surface area contributed by atoms with E-state index >= 15 is 0 Å². The Labute approximate surface area is 241 Å². The summed E-state index contributed by atoms with van der Waals surface area (Å²) in [6.07, 6.45) is 0. The minimum absolute atomic E-state index is 0.966. The van der Waals surface area contributed by atoms with Gasteiger partial charge in [0.2, 0.25) is 0 Å². The van der Waals surface area contributed by atoms with Gasteiger partial charge in [0.15, 0.2) is 0 Å². The molecule has 0 aliphatic carbocycles. The average Bonchev–Trinajstić information content (AvgIpc) is 3.64. The molecule has 3 heterocycles. The van der Waals surface area contributed by atoms with Crippen LogP contribution in [0, 0.1) is 21.4 Å². The van der Waals surface area contributed by atoms with Gasteiger partial charge in [-0.15, -0.1) is 0 Å². The first kappa shape index (κ1) is 22.4. The standard InChI is InChI=1S/C36H22I2O/c1-5-13-31-25(9-1)26-10-2-6-14-32(26)37(31)23-17-19-34-29(21-23)27-11-3-7-15-33(27)38(34)24-18-20-36-30(22-24)28-12-4-8-16-35(28)39-36/h1-22H. The number of hydrogen-bond donors (Lipinski definition) is 0. The quantitative estimate of drug-likeness (QED) is 0.162. The molecule has 186 valence electrons. The van der Waals surface area contributed by atoms with Crippen molar-refractivity contribution in [1.82, 2.24) is 0 Å². The van der Waals surface area contributed by atoms with Crippen LogP contribution in [0.2, 0.25) is 0 Å². The molecule has 0 spiro atoms. The van der Waals surface area contributed by atoms with Crippen molar-refractivity contribution >= 4 is 61.6 Å². The van der Waals surface area contributed by atoms with Crippen molar-refractivity contribution in [1.29, 1.82) is 0 Å². The molecule has 0 unspecified atom stereocenters. The Morgan fingerprint density at radius 2 is 0.846 bits per heavy atom. The van der Waals surface area contributed by atoms with E-state index in [1.165, 1.54) is 36.6 Å². The normalized spacial score (nSPS) is 14.9. The molecule has 3 heteroatoms. The molecule has 2 aliphatic heterocycles. The first-order valence-electron chi connectivity index (χ1n) is 13.1. The van der Waals surface area contributed by atoms with Crippen LogP contribution < -0.4 is 0 Å². The Morgan fingerprint density at radius 3 is 1.54 bits per heavy atom. The SMILES string of the molecule is c1ccc2c(c1)-c1ccccc1I2c1ccc2c(c1)-c1ccccc1I2c1ccc2oc3ccccc3c2c1. The van der Waals surface area contributed by atoms with Crippen LogP contribution in [0.1, 0.15) is 0 Å². The van der Waals surface area contributed by atoms with Crippen LogP contribution in [0.5, 0.6) is 0 Å². The monoisotopic (exact) mass is 724 g/mol. The molecule has 0 saturated heterocycles. The second kappa shape index (κ2) is 8.54.